The van der Waals surface area contributed by atoms with Gasteiger partial charge < -0.3 is 20.7 Å². The third-order valence-electron chi connectivity index (χ3n) is 4.07. The predicted molar refractivity (Wildman–Crippen MR) is 121 cm³/mol. The van der Waals surface area contributed by atoms with Crippen LogP contribution < -0.4 is 20.7 Å². The van der Waals surface area contributed by atoms with Gasteiger partial charge in [-0.1, -0.05) is 27.5 Å². The lowest BCUT2D eigenvalue weighted by Crippen LogP contribution is -2.22. The van der Waals surface area contributed by atoms with Crippen molar-refractivity contribution in [2.75, 3.05) is 16.1 Å². The fourth-order valence-corrected chi connectivity index (χ4v) is 3.09. The molecule has 0 saturated carbocycles. The van der Waals surface area contributed by atoms with Crippen molar-refractivity contribution >= 4 is 50.8 Å². The van der Waals surface area contributed by atoms with Crippen molar-refractivity contribution in [3.05, 3.63) is 77.1 Å². The van der Waals surface area contributed by atoms with Gasteiger partial charge >= 0.3 is 12.2 Å². The third-order valence-corrected chi connectivity index (χ3v) is 4.68. The monoisotopic (exact) mass is 542 g/mol. The minimum Gasteiger partial charge on any atom is -0.457 e. The van der Waals surface area contributed by atoms with Gasteiger partial charge in [-0.3, -0.25) is 9.78 Å². The average molecular weight is 544 g/mol. The average Bonchev–Trinajstić information content (AvgIpc) is 2.76. The summed E-state index contributed by atoms with van der Waals surface area (Å²) in [5, 5.41) is 6.93. The number of urea groups is 1. The summed E-state index contributed by atoms with van der Waals surface area (Å²) in [5.74, 6) is 0.434. The van der Waals surface area contributed by atoms with Gasteiger partial charge in [0.25, 0.3) is 5.91 Å². The molecule has 7 nitrogen and oxygen atoms in total. The molecule has 0 spiro atoms. The molecule has 0 aliphatic carbocycles. The predicted octanol–water partition coefficient (Wildman–Crippen LogP) is 6.27. The molecule has 3 rings (SSSR count). The number of nitrogens with one attached hydrogen (secondary N) is 3. The van der Waals surface area contributed by atoms with E-state index in [0.717, 1.165) is 12.1 Å². The van der Waals surface area contributed by atoms with Gasteiger partial charge in [-0.15, -0.1) is 0 Å². The summed E-state index contributed by atoms with van der Waals surface area (Å²) >= 11 is 8.67. The Balaban J connectivity index is 1.61. The van der Waals surface area contributed by atoms with Gasteiger partial charge in [-0.25, -0.2) is 4.79 Å². The fraction of sp³-hybridized carbons (Fsp3) is 0.0952. The van der Waals surface area contributed by atoms with Crippen LogP contribution in [0.4, 0.5) is 29.3 Å². The number of hydrogen-bond acceptors (Lipinski definition) is 4. The molecule has 0 atom stereocenters. The smallest absolute Gasteiger partial charge is 0.417 e. The number of ether oxygens (including phenoxy) is 1. The summed E-state index contributed by atoms with van der Waals surface area (Å²) in [6.45, 7) is 0. The van der Waals surface area contributed by atoms with Crippen molar-refractivity contribution < 1.29 is 27.5 Å². The molecule has 2 aromatic carbocycles. The van der Waals surface area contributed by atoms with Crippen LogP contribution >= 0.6 is 27.5 Å². The summed E-state index contributed by atoms with van der Waals surface area (Å²) in [4.78, 5) is 28.0. The number of aromatic nitrogens is 1. The number of hydrogen-bond donors (Lipinski definition) is 3. The lowest BCUT2D eigenvalue weighted by Gasteiger charge is -2.12. The van der Waals surface area contributed by atoms with E-state index in [-0.39, 0.29) is 22.7 Å². The Labute approximate surface area is 199 Å². The molecule has 0 saturated heterocycles. The zero-order valence-electron chi connectivity index (χ0n) is 16.5. The molecule has 1 heterocycles. The van der Waals surface area contributed by atoms with Crippen molar-refractivity contribution in [3.8, 4) is 11.5 Å². The molecule has 3 aromatic rings. The van der Waals surface area contributed by atoms with E-state index in [4.69, 9.17) is 16.3 Å². The van der Waals surface area contributed by atoms with Crippen LogP contribution in [-0.2, 0) is 6.18 Å². The molecule has 12 heteroatoms. The number of alkyl halides is 4. The molecule has 3 amide bonds. The standard InChI is InChI=1S/C21H15BrClF3N4O3/c22-11-28-19(31)18-10-15(7-8-27-18)33-14-4-1-12(2-5-14)29-20(32)30-13-3-6-17(23)16(9-13)21(24,25)26/h1-10H,11H2,(H,28,31)(H2,29,30,32). The van der Waals surface area contributed by atoms with Crippen LogP contribution in [0.5, 0.6) is 11.5 Å². The molecular weight excluding hydrogens is 529 g/mol. The first kappa shape index (κ1) is 24.3. The maximum absolute atomic E-state index is 13.0. The number of carbonyl (C=O) groups excluding carboxylic acids is 2. The van der Waals surface area contributed by atoms with E-state index >= 15 is 0 Å². The Morgan fingerprint density at radius 2 is 1.64 bits per heavy atom. The second kappa shape index (κ2) is 10.5. The van der Waals surface area contributed by atoms with Gasteiger partial charge in [0, 0.05) is 23.6 Å². The second-order valence-corrected chi connectivity index (χ2v) is 7.38. The number of anilines is 2. The molecule has 3 N–H and O–H groups in total. The van der Waals surface area contributed by atoms with Crippen LogP contribution in [0.3, 0.4) is 0 Å². The first-order valence-electron chi connectivity index (χ1n) is 9.18. The largest absolute Gasteiger partial charge is 0.457 e. The lowest BCUT2D eigenvalue weighted by atomic mass is 10.2. The van der Waals surface area contributed by atoms with Crippen molar-refractivity contribution in [2.45, 2.75) is 6.18 Å². The quantitative estimate of drug-likeness (QED) is 0.252. The first-order chi connectivity index (χ1) is 15.7. The van der Waals surface area contributed by atoms with E-state index < -0.39 is 22.8 Å². The summed E-state index contributed by atoms with van der Waals surface area (Å²) < 4.78 is 44.5. The highest BCUT2D eigenvalue weighted by molar-refractivity contribution is 9.09. The minimum atomic E-state index is -4.64. The Morgan fingerprint density at radius 1 is 0.970 bits per heavy atom. The minimum absolute atomic E-state index is 0.0679. The SMILES string of the molecule is O=C(Nc1ccc(Oc2ccnc(C(=O)NCBr)c2)cc1)Nc1ccc(Cl)c(C(F)(F)F)c1. The van der Waals surface area contributed by atoms with Crippen LogP contribution in [0.15, 0.2) is 60.8 Å². The van der Waals surface area contributed by atoms with Crippen LogP contribution in [0.1, 0.15) is 16.1 Å². The molecular formula is C21H15BrClF3N4O3. The van der Waals surface area contributed by atoms with Crippen molar-refractivity contribution in [3.63, 3.8) is 0 Å². The zero-order chi connectivity index (χ0) is 24.0. The molecule has 33 heavy (non-hydrogen) atoms. The third kappa shape index (κ3) is 6.83. The summed E-state index contributed by atoms with van der Waals surface area (Å²) in [7, 11) is 0. The van der Waals surface area contributed by atoms with E-state index in [0.29, 0.717) is 17.2 Å². The van der Waals surface area contributed by atoms with Gasteiger partial charge in [0.05, 0.1) is 16.0 Å². The molecule has 0 unspecified atom stereocenters. The van der Waals surface area contributed by atoms with E-state index in [2.05, 4.69) is 36.9 Å². The molecule has 0 fully saturated rings. The molecule has 0 radical (unpaired) electrons. The summed E-state index contributed by atoms with van der Waals surface area (Å²) in [5.41, 5.74) is -0.286. The van der Waals surface area contributed by atoms with Crippen molar-refractivity contribution in [2.24, 2.45) is 0 Å². The van der Waals surface area contributed by atoms with E-state index in [1.165, 1.54) is 30.5 Å². The second-order valence-electron chi connectivity index (χ2n) is 6.41. The summed E-state index contributed by atoms with van der Waals surface area (Å²) in [6.07, 6.45) is -3.21. The highest BCUT2D eigenvalue weighted by Crippen LogP contribution is 2.36. The lowest BCUT2D eigenvalue weighted by molar-refractivity contribution is -0.137. The van der Waals surface area contributed by atoms with Crippen LogP contribution in [0.25, 0.3) is 0 Å². The van der Waals surface area contributed by atoms with Crippen molar-refractivity contribution in [1.82, 2.24) is 10.3 Å². The zero-order valence-corrected chi connectivity index (χ0v) is 18.9. The first-order valence-corrected chi connectivity index (χ1v) is 10.7. The molecule has 0 aliphatic heterocycles. The van der Waals surface area contributed by atoms with Crippen LogP contribution in [0.2, 0.25) is 5.02 Å². The summed E-state index contributed by atoms with van der Waals surface area (Å²) in [6, 6.07) is 11.6. The van der Waals surface area contributed by atoms with Gasteiger partial charge in [0.2, 0.25) is 0 Å². The molecule has 0 aliphatic rings. The molecule has 0 bridgehead atoms. The number of pyridine rings is 1. The van der Waals surface area contributed by atoms with E-state index in [1.54, 1.807) is 18.2 Å². The van der Waals surface area contributed by atoms with Gasteiger partial charge in [-0.2, -0.15) is 13.2 Å². The van der Waals surface area contributed by atoms with Crippen LogP contribution in [-0.4, -0.2) is 22.4 Å². The normalized spacial score (nSPS) is 10.9. The maximum Gasteiger partial charge on any atom is 0.417 e. The number of carbonyl (C=O) groups is 2. The Kier molecular flexibility index (Phi) is 7.77. The fourth-order valence-electron chi connectivity index (χ4n) is 2.61. The van der Waals surface area contributed by atoms with Gasteiger partial charge in [0.1, 0.15) is 17.2 Å². The Hall–Kier alpha value is -3.31. The highest BCUT2D eigenvalue weighted by atomic mass is 79.9. The number of nitrogens with zero attached hydrogens (tertiary/aromatic N) is 1. The van der Waals surface area contributed by atoms with E-state index in [1.807, 2.05) is 0 Å². The van der Waals surface area contributed by atoms with E-state index in [9.17, 15) is 22.8 Å². The topological polar surface area (TPSA) is 92.3 Å². The van der Waals surface area contributed by atoms with Gasteiger partial charge in [-0.05, 0) is 48.5 Å². The Bertz CT molecular complexity index is 1160. The highest BCUT2D eigenvalue weighted by Gasteiger charge is 2.33. The molecule has 1 aromatic heterocycles. The molecule has 172 valence electrons. The number of benzene rings is 2. The van der Waals surface area contributed by atoms with Crippen molar-refractivity contribution in [1.29, 1.82) is 0 Å². The number of halogens is 5. The number of rotatable bonds is 6. The maximum atomic E-state index is 13.0. The van der Waals surface area contributed by atoms with Crippen LogP contribution in [0, 0.1) is 0 Å². The Morgan fingerprint density at radius 3 is 2.30 bits per heavy atom. The number of amides is 3. The van der Waals surface area contributed by atoms with Gasteiger partial charge in [0.15, 0.2) is 0 Å².